The summed E-state index contributed by atoms with van der Waals surface area (Å²) >= 11 is 0. The van der Waals surface area contributed by atoms with Crippen molar-refractivity contribution in [2.75, 3.05) is 0 Å². The fourth-order valence-corrected chi connectivity index (χ4v) is 7.48. The van der Waals surface area contributed by atoms with Gasteiger partial charge in [0.05, 0.1) is 6.85 Å². The van der Waals surface area contributed by atoms with Crippen LogP contribution in [0.4, 0.5) is 0 Å². The lowest BCUT2D eigenvalue weighted by Crippen LogP contribution is -1.93. The van der Waals surface area contributed by atoms with E-state index in [-0.39, 0.29) is 18.1 Å². The Labute approximate surface area is 291 Å². The average Bonchev–Trinajstić information content (AvgIpc) is 3.56. The summed E-state index contributed by atoms with van der Waals surface area (Å²) in [5, 5.41) is 8.00. The maximum atomic E-state index is 9.96. The van der Waals surface area contributed by atoms with Gasteiger partial charge in [-0.3, -0.25) is 0 Å². The quantitative estimate of drug-likeness (QED) is 0.177. The first kappa shape index (κ1) is 23.0. The predicted molar refractivity (Wildman–Crippen MR) is 208 cm³/mol. The first-order chi connectivity index (χ1) is 26.4. The zero-order chi connectivity index (χ0) is 36.7. The minimum Gasteiger partial charge on any atom is -0.456 e. The van der Waals surface area contributed by atoms with E-state index in [0.29, 0.717) is 39.9 Å². The molecule has 0 bridgehead atoms. The second-order valence-corrected chi connectivity index (χ2v) is 12.4. The molecule has 0 atom stereocenters. The van der Waals surface area contributed by atoms with Gasteiger partial charge in [0, 0.05) is 10.8 Å². The molecular weight excluding hydrogens is 593 g/mol. The van der Waals surface area contributed by atoms with Crippen LogP contribution in [-0.4, -0.2) is 0 Å². The van der Waals surface area contributed by atoms with Crippen LogP contribution < -0.4 is 0 Å². The third-order valence-corrected chi connectivity index (χ3v) is 9.64. The highest BCUT2D eigenvalue weighted by molar-refractivity contribution is 6.26. The summed E-state index contributed by atoms with van der Waals surface area (Å²) in [6.45, 7) is 0. The minimum atomic E-state index is -0.0383. The molecule has 1 heterocycles. The van der Waals surface area contributed by atoms with Gasteiger partial charge < -0.3 is 4.42 Å². The first-order valence-electron chi connectivity index (χ1n) is 18.9. The lowest BCUT2D eigenvalue weighted by atomic mass is 9.83. The van der Waals surface area contributed by atoms with Crippen LogP contribution in [-0.2, 0) is 0 Å². The molecule has 10 aromatic rings. The maximum absolute atomic E-state index is 9.96. The Morgan fingerprint density at radius 3 is 1.61 bits per heavy atom. The van der Waals surface area contributed by atoms with Crippen LogP contribution in [0.5, 0.6) is 0 Å². The van der Waals surface area contributed by atoms with E-state index in [1.807, 2.05) is 54.6 Å². The van der Waals surface area contributed by atoms with Crippen LogP contribution in [0.25, 0.3) is 98.8 Å². The van der Waals surface area contributed by atoms with Crippen molar-refractivity contribution < 1.29 is 11.3 Å². The molecule has 228 valence electrons. The van der Waals surface area contributed by atoms with Crippen molar-refractivity contribution in [3.05, 3.63) is 182 Å². The fraction of sp³-hybridized carbons (Fsp3) is 0. The summed E-state index contributed by atoms with van der Waals surface area (Å²) in [5.41, 5.74) is 7.12. The number of rotatable bonds is 4. The number of furan rings is 1. The third-order valence-electron chi connectivity index (χ3n) is 9.64. The van der Waals surface area contributed by atoms with Crippen molar-refractivity contribution >= 4 is 54.3 Å². The first-order valence-corrected chi connectivity index (χ1v) is 16.4. The van der Waals surface area contributed by atoms with Crippen molar-refractivity contribution in [3.63, 3.8) is 0 Å². The molecule has 0 radical (unpaired) electrons. The Morgan fingerprint density at radius 1 is 0.388 bits per heavy atom. The largest absolute Gasteiger partial charge is 0.456 e. The Morgan fingerprint density at radius 2 is 0.959 bits per heavy atom. The fourth-order valence-electron chi connectivity index (χ4n) is 7.48. The van der Waals surface area contributed by atoms with Crippen LogP contribution in [0.2, 0.25) is 0 Å². The number of hydrogen-bond acceptors (Lipinski definition) is 1. The van der Waals surface area contributed by atoms with E-state index in [1.54, 1.807) is 36.4 Å². The van der Waals surface area contributed by atoms with E-state index in [1.165, 1.54) is 0 Å². The van der Waals surface area contributed by atoms with Crippen LogP contribution in [0.3, 0.4) is 0 Å². The van der Waals surface area contributed by atoms with Crippen molar-refractivity contribution in [1.29, 1.82) is 0 Å². The van der Waals surface area contributed by atoms with Crippen LogP contribution in [0, 0.1) is 0 Å². The Kier molecular flexibility index (Phi) is 5.20. The van der Waals surface area contributed by atoms with E-state index in [0.717, 1.165) is 70.9 Å². The zero-order valence-electron chi connectivity index (χ0n) is 31.3. The minimum absolute atomic E-state index is 0.00257. The number of benzene rings is 9. The summed E-state index contributed by atoms with van der Waals surface area (Å²) in [5.74, 6) is 0. The molecule has 0 unspecified atom stereocenters. The molecule has 1 heteroatoms. The Balaban J connectivity index is 1.33. The van der Waals surface area contributed by atoms with Crippen LogP contribution >= 0.6 is 0 Å². The van der Waals surface area contributed by atoms with Crippen molar-refractivity contribution in [2.24, 2.45) is 0 Å². The number of hydrogen-bond donors (Lipinski definition) is 0. The van der Waals surface area contributed by atoms with Gasteiger partial charge in [-0.25, -0.2) is 0 Å². The molecule has 0 amide bonds. The summed E-state index contributed by atoms with van der Waals surface area (Å²) in [6, 6.07) is 49.8. The zero-order valence-corrected chi connectivity index (χ0v) is 26.3. The van der Waals surface area contributed by atoms with E-state index >= 15 is 0 Å². The molecule has 0 aliphatic rings. The van der Waals surface area contributed by atoms with Crippen molar-refractivity contribution in [3.8, 4) is 44.5 Å². The predicted octanol–water partition coefficient (Wildman–Crippen LogP) is 13.7. The van der Waals surface area contributed by atoms with Gasteiger partial charge in [-0.1, -0.05) is 158 Å². The lowest BCUT2D eigenvalue weighted by Gasteiger charge is -2.19. The smallest absolute Gasteiger partial charge is 0.136 e. The highest BCUT2D eigenvalue weighted by Gasteiger charge is 2.21. The van der Waals surface area contributed by atoms with Gasteiger partial charge in [-0.05, 0) is 101 Å². The van der Waals surface area contributed by atoms with Gasteiger partial charge >= 0.3 is 0 Å². The molecular formula is C48H30O. The average molecular weight is 628 g/mol. The maximum Gasteiger partial charge on any atom is 0.136 e. The molecule has 49 heavy (non-hydrogen) atoms. The molecule has 0 N–H and O–H groups in total. The summed E-state index contributed by atoms with van der Waals surface area (Å²) in [7, 11) is 0. The monoisotopic (exact) mass is 627 g/mol. The van der Waals surface area contributed by atoms with Crippen LogP contribution in [0.15, 0.2) is 186 Å². The van der Waals surface area contributed by atoms with E-state index < -0.39 is 0 Å². The van der Waals surface area contributed by atoms with Gasteiger partial charge in [-0.15, -0.1) is 0 Å². The Hall–Kier alpha value is -6.44. The molecule has 0 saturated carbocycles. The highest BCUT2D eigenvalue weighted by atomic mass is 16.3. The van der Waals surface area contributed by atoms with Crippen molar-refractivity contribution in [1.82, 2.24) is 0 Å². The standard InChI is InChI=1S/C48H30O/c1-3-14-31(15-4-1)36-27-26-35(29-42(36)32-16-5-2-6-17-32)46-37-20-9-11-22-39(37)47(40-23-12-10-21-38(40)46)41-24-13-25-44-48(41)43-28-33-18-7-8-19-34(33)30-45(43)49-44/h1-30H/i1D,2D,26D,27D,29D. The van der Waals surface area contributed by atoms with E-state index in [2.05, 4.69) is 60.7 Å². The third kappa shape index (κ3) is 4.40. The molecule has 1 aromatic heterocycles. The second kappa shape index (κ2) is 11.1. The van der Waals surface area contributed by atoms with Gasteiger partial charge in [0.1, 0.15) is 11.2 Å². The summed E-state index contributed by atoms with van der Waals surface area (Å²) < 4.78 is 51.9. The number of fused-ring (bicyclic) bond motifs is 6. The summed E-state index contributed by atoms with van der Waals surface area (Å²) in [4.78, 5) is 0. The Bertz CT molecular complexity index is 3090. The second-order valence-electron chi connectivity index (χ2n) is 12.4. The summed E-state index contributed by atoms with van der Waals surface area (Å²) in [6.07, 6.45) is 0. The van der Waals surface area contributed by atoms with E-state index in [4.69, 9.17) is 7.16 Å². The van der Waals surface area contributed by atoms with Gasteiger partial charge in [0.25, 0.3) is 0 Å². The topological polar surface area (TPSA) is 13.1 Å². The SMILES string of the molecule is [2H]c1ccc(-c2c([2H])c([2H])c(-c3c4ccccc4c(-c4cccc5oc6cc7ccccc7cc6c45)c4ccccc34)c([2H])c2-c2ccc([2H])cc2)cc1. The van der Waals surface area contributed by atoms with Crippen molar-refractivity contribution in [2.45, 2.75) is 0 Å². The molecule has 0 saturated heterocycles. The lowest BCUT2D eigenvalue weighted by molar-refractivity contribution is 0.669. The normalized spacial score (nSPS) is 13.1. The molecule has 1 nitrogen and oxygen atoms in total. The van der Waals surface area contributed by atoms with Gasteiger partial charge in [0.15, 0.2) is 0 Å². The molecule has 10 rings (SSSR count). The molecule has 9 aromatic carbocycles. The van der Waals surface area contributed by atoms with Gasteiger partial charge in [-0.2, -0.15) is 0 Å². The van der Waals surface area contributed by atoms with Gasteiger partial charge in [0.2, 0.25) is 0 Å². The molecule has 0 aliphatic heterocycles. The molecule has 0 fully saturated rings. The van der Waals surface area contributed by atoms with Crippen LogP contribution in [0.1, 0.15) is 6.85 Å². The highest BCUT2D eigenvalue weighted by Crippen LogP contribution is 2.48. The van der Waals surface area contributed by atoms with E-state index in [9.17, 15) is 4.11 Å². The molecule has 0 aliphatic carbocycles. The molecule has 0 spiro atoms.